The van der Waals surface area contributed by atoms with Crippen LogP contribution < -0.4 is 5.32 Å². The molecule has 1 amide bonds. The lowest BCUT2D eigenvalue weighted by Crippen LogP contribution is -2.30. The number of aryl methyl sites for hydroxylation is 2. The third-order valence-corrected chi connectivity index (χ3v) is 4.98. The number of benzene rings is 1. The molecule has 1 aromatic heterocycles. The molecule has 0 aliphatic carbocycles. The summed E-state index contributed by atoms with van der Waals surface area (Å²) in [7, 11) is 0. The van der Waals surface area contributed by atoms with E-state index >= 15 is 0 Å². The average Bonchev–Trinajstić information content (AvgIpc) is 3.02. The molecule has 0 saturated carbocycles. The second kappa shape index (κ2) is 8.96. The third-order valence-electron chi connectivity index (χ3n) is 3.71. The summed E-state index contributed by atoms with van der Waals surface area (Å²) in [5, 5.41) is 3.18. The third kappa shape index (κ3) is 5.68. The monoisotopic (exact) mass is 393 g/mol. The first-order valence-electron chi connectivity index (χ1n) is 8.12. The van der Waals surface area contributed by atoms with Gasteiger partial charge in [0, 0.05) is 22.0 Å². The fourth-order valence-corrected chi connectivity index (χ4v) is 3.20. The van der Waals surface area contributed by atoms with E-state index in [1.165, 1.54) is 18.3 Å². The van der Waals surface area contributed by atoms with Crippen LogP contribution in [0.15, 0.2) is 30.3 Å². The number of Topliss-reactive ketones (excluding diaryl/α,β-unsaturated/α-hetero) is 1. The van der Waals surface area contributed by atoms with E-state index in [4.69, 9.17) is 16.3 Å². The van der Waals surface area contributed by atoms with Crippen LogP contribution >= 0.6 is 22.9 Å². The molecule has 26 heavy (non-hydrogen) atoms. The van der Waals surface area contributed by atoms with Crippen molar-refractivity contribution in [3.63, 3.8) is 0 Å². The Kier molecular flexibility index (Phi) is 6.94. The molecule has 0 bridgehead atoms. The van der Waals surface area contributed by atoms with Gasteiger partial charge >= 0.3 is 5.97 Å². The Hall–Kier alpha value is -2.18. The number of thiophene rings is 1. The fourth-order valence-electron chi connectivity index (χ4n) is 2.20. The summed E-state index contributed by atoms with van der Waals surface area (Å²) in [6, 6.07) is 8.75. The molecule has 0 saturated heterocycles. The van der Waals surface area contributed by atoms with Crippen molar-refractivity contribution in [2.24, 2.45) is 0 Å². The minimum Gasteiger partial charge on any atom is -0.453 e. The van der Waals surface area contributed by atoms with Gasteiger partial charge < -0.3 is 10.1 Å². The number of rotatable bonds is 7. The zero-order valence-corrected chi connectivity index (χ0v) is 16.4. The Balaban J connectivity index is 1.83. The van der Waals surface area contributed by atoms with Crippen LogP contribution in [0.5, 0.6) is 0 Å². The van der Waals surface area contributed by atoms with Crippen molar-refractivity contribution < 1.29 is 19.1 Å². The second-order valence-corrected chi connectivity index (χ2v) is 7.64. The van der Waals surface area contributed by atoms with Gasteiger partial charge in [-0.25, -0.2) is 0 Å². The Morgan fingerprint density at radius 3 is 2.54 bits per heavy atom. The normalized spacial score (nSPS) is 11.7. The molecule has 2 aromatic rings. The predicted molar refractivity (Wildman–Crippen MR) is 103 cm³/mol. The highest BCUT2D eigenvalue weighted by atomic mass is 35.5. The number of hydrogen-bond donors (Lipinski definition) is 1. The fraction of sp³-hybridized carbons (Fsp3) is 0.316. The van der Waals surface area contributed by atoms with Gasteiger partial charge in [-0.3, -0.25) is 14.4 Å². The molecule has 2 rings (SSSR count). The molecule has 0 radical (unpaired) electrons. The number of ketones is 1. The minimum atomic E-state index is -0.972. The Labute approximate surface area is 161 Å². The van der Waals surface area contributed by atoms with Crippen molar-refractivity contribution in [2.75, 3.05) is 5.32 Å². The van der Waals surface area contributed by atoms with E-state index < -0.39 is 18.0 Å². The lowest BCUT2D eigenvalue weighted by molar-refractivity contribution is -0.153. The smallest absolute Gasteiger partial charge is 0.307 e. The first-order chi connectivity index (χ1) is 12.3. The summed E-state index contributed by atoms with van der Waals surface area (Å²) in [6.45, 7) is 5.23. The van der Waals surface area contributed by atoms with Crippen molar-refractivity contribution in [1.29, 1.82) is 0 Å². The highest BCUT2D eigenvalue weighted by molar-refractivity contribution is 7.14. The molecule has 5 nitrogen and oxygen atoms in total. The molecular formula is C19H20ClNO4S. The summed E-state index contributed by atoms with van der Waals surface area (Å²) in [5.41, 5.74) is 1.41. The van der Waals surface area contributed by atoms with Crippen LogP contribution in [0.1, 0.15) is 39.9 Å². The summed E-state index contributed by atoms with van der Waals surface area (Å²) in [4.78, 5) is 37.7. The zero-order chi connectivity index (χ0) is 19.3. The van der Waals surface area contributed by atoms with E-state index in [-0.39, 0.29) is 18.6 Å². The zero-order valence-electron chi connectivity index (χ0n) is 14.8. The van der Waals surface area contributed by atoms with Crippen LogP contribution in [-0.4, -0.2) is 23.8 Å². The molecule has 7 heteroatoms. The van der Waals surface area contributed by atoms with E-state index in [1.807, 2.05) is 19.9 Å². The van der Waals surface area contributed by atoms with Crippen LogP contribution in [-0.2, 0) is 14.3 Å². The van der Waals surface area contributed by atoms with Crippen molar-refractivity contribution in [3.05, 3.63) is 50.7 Å². The molecule has 0 aliphatic rings. The van der Waals surface area contributed by atoms with Crippen LogP contribution in [0, 0.1) is 13.8 Å². The molecule has 1 N–H and O–H groups in total. The largest absolute Gasteiger partial charge is 0.453 e. The van der Waals surface area contributed by atoms with Gasteiger partial charge in [-0.2, -0.15) is 0 Å². The number of anilines is 1. The van der Waals surface area contributed by atoms with Crippen molar-refractivity contribution >= 4 is 46.3 Å². The van der Waals surface area contributed by atoms with Crippen molar-refractivity contribution in [1.82, 2.24) is 0 Å². The van der Waals surface area contributed by atoms with Gasteiger partial charge in [-0.05, 0) is 50.6 Å². The molecule has 1 atom stereocenters. The predicted octanol–water partition coefficient (Wildman–Crippen LogP) is 4.55. The summed E-state index contributed by atoms with van der Waals surface area (Å²) >= 11 is 7.31. The summed E-state index contributed by atoms with van der Waals surface area (Å²) in [5.74, 6) is -1.15. The van der Waals surface area contributed by atoms with Crippen molar-refractivity contribution in [3.8, 4) is 0 Å². The van der Waals surface area contributed by atoms with Gasteiger partial charge in [-0.15, -0.1) is 11.3 Å². The molecule has 0 fully saturated rings. The molecule has 138 valence electrons. The quantitative estimate of drug-likeness (QED) is 0.553. The van der Waals surface area contributed by atoms with Crippen LogP contribution in [0.4, 0.5) is 5.69 Å². The SMILES string of the molecule is Cc1ccc(C(=O)CCC(=O)OC(C)C(=O)Nc2cc(Cl)ccc2C)s1. The standard InChI is InChI=1S/C19H20ClNO4S/c1-11-4-6-14(20)10-15(11)21-19(24)13(3)25-18(23)9-7-16(22)17-8-5-12(2)26-17/h4-6,8,10,13H,7,9H2,1-3H3,(H,21,24). The molecule has 0 spiro atoms. The van der Waals surface area contributed by atoms with Gasteiger partial charge in [0.1, 0.15) is 0 Å². The maximum absolute atomic E-state index is 12.2. The van der Waals surface area contributed by atoms with E-state index in [1.54, 1.807) is 24.3 Å². The van der Waals surface area contributed by atoms with Gasteiger partial charge in [-0.1, -0.05) is 17.7 Å². The van der Waals surface area contributed by atoms with Gasteiger partial charge in [0.25, 0.3) is 5.91 Å². The first-order valence-corrected chi connectivity index (χ1v) is 9.32. The minimum absolute atomic E-state index is 0.0561. The number of amides is 1. The van der Waals surface area contributed by atoms with Gasteiger partial charge in [0.15, 0.2) is 11.9 Å². The lowest BCUT2D eigenvalue weighted by Gasteiger charge is -2.14. The molecule has 1 unspecified atom stereocenters. The number of esters is 1. The van der Waals surface area contributed by atoms with E-state index in [0.29, 0.717) is 15.6 Å². The Morgan fingerprint density at radius 1 is 1.15 bits per heavy atom. The highest BCUT2D eigenvalue weighted by Crippen LogP contribution is 2.21. The number of carbonyl (C=O) groups excluding carboxylic acids is 3. The van der Waals surface area contributed by atoms with Crippen LogP contribution in [0.25, 0.3) is 0 Å². The Morgan fingerprint density at radius 2 is 1.88 bits per heavy atom. The summed E-state index contributed by atoms with van der Waals surface area (Å²) < 4.78 is 5.11. The maximum atomic E-state index is 12.2. The van der Waals surface area contributed by atoms with Crippen LogP contribution in [0.2, 0.25) is 5.02 Å². The summed E-state index contributed by atoms with van der Waals surface area (Å²) in [6.07, 6.45) is -0.982. The number of halogens is 1. The molecule has 1 heterocycles. The number of nitrogens with one attached hydrogen (secondary N) is 1. The molecule has 1 aromatic carbocycles. The first kappa shape index (κ1) is 20.1. The Bertz CT molecular complexity index is 831. The van der Waals surface area contributed by atoms with Gasteiger partial charge in [0.05, 0.1) is 11.3 Å². The average molecular weight is 394 g/mol. The van der Waals surface area contributed by atoms with E-state index in [9.17, 15) is 14.4 Å². The second-order valence-electron chi connectivity index (χ2n) is 5.91. The van der Waals surface area contributed by atoms with Gasteiger partial charge in [0.2, 0.25) is 0 Å². The van der Waals surface area contributed by atoms with E-state index in [0.717, 1.165) is 10.4 Å². The number of carbonyl (C=O) groups is 3. The molecule has 0 aliphatic heterocycles. The van der Waals surface area contributed by atoms with Crippen LogP contribution in [0.3, 0.4) is 0 Å². The maximum Gasteiger partial charge on any atom is 0.307 e. The van der Waals surface area contributed by atoms with E-state index in [2.05, 4.69) is 5.32 Å². The lowest BCUT2D eigenvalue weighted by atomic mass is 10.2. The molecular weight excluding hydrogens is 374 g/mol. The van der Waals surface area contributed by atoms with Crippen molar-refractivity contribution in [2.45, 2.75) is 39.7 Å². The highest BCUT2D eigenvalue weighted by Gasteiger charge is 2.20. The topological polar surface area (TPSA) is 72.5 Å². The number of hydrogen-bond acceptors (Lipinski definition) is 5. The number of ether oxygens (including phenoxy) is 1.